The van der Waals surface area contributed by atoms with Crippen LogP contribution in [0.2, 0.25) is 0 Å². The van der Waals surface area contributed by atoms with Crippen molar-refractivity contribution in [3.63, 3.8) is 0 Å². The Labute approximate surface area is 144 Å². The van der Waals surface area contributed by atoms with Crippen molar-refractivity contribution in [1.29, 1.82) is 0 Å². The Hall–Kier alpha value is -2.42. The summed E-state index contributed by atoms with van der Waals surface area (Å²) in [6.07, 6.45) is 2.90. The number of ether oxygens (including phenoxy) is 1. The second-order valence-electron chi connectivity index (χ2n) is 6.53. The summed E-state index contributed by atoms with van der Waals surface area (Å²) in [4.78, 5) is 2.35. The molecule has 2 aromatic carbocycles. The lowest BCUT2D eigenvalue weighted by atomic mass is 10.1. The molecule has 1 aliphatic rings. The Bertz CT molecular complexity index is 676. The van der Waals surface area contributed by atoms with Crippen LogP contribution in [-0.2, 0) is 6.61 Å². The zero-order valence-corrected chi connectivity index (χ0v) is 14.2. The van der Waals surface area contributed by atoms with Gasteiger partial charge >= 0.3 is 0 Å². The standard InChI is InChI=1S/C21H25NO2/c1-16-5-7-18(8-6-16)15-24-21-11-9-19(10-12-21)22-13-3-4-20(22)14-17(2)23/h5-12,20,23H,2-4,13-15H2,1H3. The van der Waals surface area contributed by atoms with Gasteiger partial charge in [0.25, 0.3) is 0 Å². The minimum Gasteiger partial charge on any atom is -0.513 e. The maximum Gasteiger partial charge on any atom is 0.119 e. The van der Waals surface area contributed by atoms with Gasteiger partial charge in [-0.3, -0.25) is 0 Å². The summed E-state index contributed by atoms with van der Waals surface area (Å²) in [6, 6.07) is 17.0. The van der Waals surface area contributed by atoms with E-state index in [1.54, 1.807) is 0 Å². The molecule has 0 radical (unpaired) electrons. The summed E-state index contributed by atoms with van der Waals surface area (Å²) < 4.78 is 5.87. The lowest BCUT2D eigenvalue weighted by molar-refractivity contribution is 0.306. The van der Waals surface area contributed by atoms with Gasteiger partial charge < -0.3 is 14.7 Å². The van der Waals surface area contributed by atoms with E-state index in [0.717, 1.165) is 25.1 Å². The number of nitrogens with zero attached hydrogens (tertiary/aromatic N) is 1. The third kappa shape index (κ3) is 4.10. The Balaban J connectivity index is 1.60. The van der Waals surface area contributed by atoms with Crippen molar-refractivity contribution in [3.8, 4) is 5.75 Å². The maximum absolute atomic E-state index is 9.48. The number of rotatable bonds is 6. The number of aryl methyl sites for hydroxylation is 1. The molecule has 3 nitrogen and oxygen atoms in total. The van der Waals surface area contributed by atoms with Crippen molar-refractivity contribution in [2.24, 2.45) is 0 Å². The fourth-order valence-corrected chi connectivity index (χ4v) is 3.24. The number of anilines is 1. The van der Waals surface area contributed by atoms with Gasteiger partial charge in [0.05, 0.1) is 5.76 Å². The van der Waals surface area contributed by atoms with E-state index in [0.29, 0.717) is 19.1 Å². The minimum atomic E-state index is 0.268. The molecule has 1 atom stereocenters. The molecule has 1 saturated heterocycles. The fraction of sp³-hybridized carbons (Fsp3) is 0.333. The summed E-state index contributed by atoms with van der Waals surface area (Å²) in [7, 11) is 0. The van der Waals surface area contributed by atoms with E-state index in [2.05, 4.69) is 54.8 Å². The van der Waals surface area contributed by atoms with Crippen LogP contribution < -0.4 is 9.64 Å². The monoisotopic (exact) mass is 323 g/mol. The lowest BCUT2D eigenvalue weighted by Crippen LogP contribution is -2.29. The Morgan fingerprint density at radius 2 is 1.88 bits per heavy atom. The largest absolute Gasteiger partial charge is 0.513 e. The molecule has 1 heterocycles. The van der Waals surface area contributed by atoms with E-state index in [1.807, 2.05) is 12.1 Å². The van der Waals surface area contributed by atoms with E-state index < -0.39 is 0 Å². The molecule has 1 N–H and O–H groups in total. The van der Waals surface area contributed by atoms with Crippen LogP contribution in [-0.4, -0.2) is 17.7 Å². The van der Waals surface area contributed by atoms with E-state index >= 15 is 0 Å². The van der Waals surface area contributed by atoms with E-state index in [4.69, 9.17) is 4.74 Å². The maximum atomic E-state index is 9.48. The molecule has 2 aromatic rings. The smallest absolute Gasteiger partial charge is 0.119 e. The van der Waals surface area contributed by atoms with Crippen molar-refractivity contribution in [2.45, 2.75) is 38.8 Å². The van der Waals surface area contributed by atoms with Gasteiger partial charge in [0.2, 0.25) is 0 Å². The van der Waals surface area contributed by atoms with E-state index in [1.165, 1.54) is 16.8 Å². The summed E-state index contributed by atoms with van der Waals surface area (Å²) in [5.41, 5.74) is 3.61. The number of benzene rings is 2. The number of hydrogen-bond donors (Lipinski definition) is 1. The predicted molar refractivity (Wildman–Crippen MR) is 98.7 cm³/mol. The molecule has 3 rings (SSSR count). The van der Waals surface area contributed by atoms with Crippen LogP contribution in [0, 0.1) is 6.92 Å². The summed E-state index contributed by atoms with van der Waals surface area (Å²) in [5.74, 6) is 1.14. The SMILES string of the molecule is C=C(O)CC1CCCN1c1ccc(OCc2ccc(C)cc2)cc1. The first-order chi connectivity index (χ1) is 11.6. The normalized spacial score (nSPS) is 17.0. The number of hydrogen-bond acceptors (Lipinski definition) is 3. The third-order valence-corrected chi connectivity index (χ3v) is 4.54. The van der Waals surface area contributed by atoms with Crippen molar-refractivity contribution in [3.05, 3.63) is 72.0 Å². The second kappa shape index (κ2) is 7.43. The van der Waals surface area contributed by atoms with Crippen LogP contribution in [0.4, 0.5) is 5.69 Å². The summed E-state index contributed by atoms with van der Waals surface area (Å²) in [6.45, 7) is 7.32. The lowest BCUT2D eigenvalue weighted by Gasteiger charge is -2.26. The molecule has 0 amide bonds. The quantitative estimate of drug-likeness (QED) is 0.759. The molecule has 1 aliphatic heterocycles. The molecule has 0 bridgehead atoms. The van der Waals surface area contributed by atoms with Crippen molar-refractivity contribution in [2.75, 3.05) is 11.4 Å². The number of aliphatic hydroxyl groups is 1. The zero-order chi connectivity index (χ0) is 16.9. The average molecular weight is 323 g/mol. The van der Waals surface area contributed by atoms with Gasteiger partial charge in [-0.05, 0) is 49.6 Å². The Morgan fingerprint density at radius 3 is 2.54 bits per heavy atom. The highest BCUT2D eigenvalue weighted by Gasteiger charge is 2.25. The van der Waals surface area contributed by atoms with Gasteiger partial charge in [0.1, 0.15) is 12.4 Å². The highest BCUT2D eigenvalue weighted by molar-refractivity contribution is 5.51. The van der Waals surface area contributed by atoms with Gasteiger partial charge in [0.15, 0.2) is 0 Å². The van der Waals surface area contributed by atoms with E-state index in [-0.39, 0.29) is 5.76 Å². The van der Waals surface area contributed by atoms with Crippen LogP contribution >= 0.6 is 0 Å². The van der Waals surface area contributed by atoms with Gasteiger partial charge in [-0.1, -0.05) is 36.4 Å². The molecule has 0 aliphatic carbocycles. The molecular weight excluding hydrogens is 298 g/mol. The predicted octanol–water partition coefficient (Wildman–Crippen LogP) is 5.00. The van der Waals surface area contributed by atoms with Crippen molar-refractivity contribution in [1.82, 2.24) is 0 Å². The van der Waals surface area contributed by atoms with Gasteiger partial charge in [-0.2, -0.15) is 0 Å². The summed E-state index contributed by atoms with van der Waals surface area (Å²) in [5, 5.41) is 9.48. The van der Waals surface area contributed by atoms with Crippen LogP contribution in [0.1, 0.15) is 30.4 Å². The molecule has 1 fully saturated rings. The molecule has 0 spiro atoms. The molecule has 1 unspecified atom stereocenters. The average Bonchev–Trinajstić information content (AvgIpc) is 3.02. The first-order valence-electron chi connectivity index (χ1n) is 8.53. The summed E-state index contributed by atoms with van der Waals surface area (Å²) >= 11 is 0. The van der Waals surface area contributed by atoms with Gasteiger partial charge in [0, 0.05) is 24.7 Å². The fourth-order valence-electron chi connectivity index (χ4n) is 3.24. The van der Waals surface area contributed by atoms with Gasteiger partial charge in [-0.25, -0.2) is 0 Å². The number of aliphatic hydroxyl groups excluding tert-OH is 1. The Kier molecular flexibility index (Phi) is 5.09. The molecule has 24 heavy (non-hydrogen) atoms. The van der Waals surface area contributed by atoms with E-state index in [9.17, 15) is 5.11 Å². The van der Waals surface area contributed by atoms with Crippen molar-refractivity contribution < 1.29 is 9.84 Å². The topological polar surface area (TPSA) is 32.7 Å². The van der Waals surface area contributed by atoms with Crippen LogP contribution in [0.15, 0.2) is 60.9 Å². The highest BCUT2D eigenvalue weighted by atomic mass is 16.5. The van der Waals surface area contributed by atoms with Crippen LogP contribution in [0.5, 0.6) is 5.75 Å². The molecule has 3 heteroatoms. The first-order valence-corrected chi connectivity index (χ1v) is 8.53. The minimum absolute atomic E-state index is 0.268. The molecule has 0 saturated carbocycles. The molecular formula is C21H25NO2. The second-order valence-corrected chi connectivity index (χ2v) is 6.53. The third-order valence-electron chi connectivity index (χ3n) is 4.54. The van der Waals surface area contributed by atoms with Crippen LogP contribution in [0.25, 0.3) is 0 Å². The van der Waals surface area contributed by atoms with Gasteiger partial charge in [-0.15, -0.1) is 0 Å². The van der Waals surface area contributed by atoms with Crippen LogP contribution in [0.3, 0.4) is 0 Å². The molecule has 126 valence electrons. The van der Waals surface area contributed by atoms with Crippen molar-refractivity contribution >= 4 is 5.69 Å². The molecule has 0 aromatic heterocycles. The first kappa shape index (κ1) is 16.4. The highest BCUT2D eigenvalue weighted by Crippen LogP contribution is 2.30. The zero-order valence-electron chi connectivity index (χ0n) is 14.2. The Morgan fingerprint density at radius 1 is 1.17 bits per heavy atom.